The number of aliphatic hydroxyl groups is 2. The molecule has 3 aromatic heterocycles. The number of H-pyrrole nitrogens is 3. The van der Waals surface area contributed by atoms with Gasteiger partial charge in [-0.3, -0.25) is 4.79 Å². The Bertz CT molecular complexity index is 1210. The molecule has 0 unspecified atom stereocenters. The molecule has 11 nitrogen and oxygen atoms in total. The molecule has 2 radical (unpaired) electrons. The minimum atomic E-state index is -1.49. The number of hydrogen-bond donors (Lipinski definition) is 6. The van der Waals surface area contributed by atoms with Gasteiger partial charge >= 0.3 is 5.97 Å². The molecule has 0 aliphatic heterocycles. The first kappa shape index (κ1) is 34.5. The van der Waals surface area contributed by atoms with E-state index >= 15 is 0 Å². The van der Waals surface area contributed by atoms with E-state index in [1.54, 1.807) is 19.0 Å². The Morgan fingerprint density at radius 2 is 0.974 bits per heavy atom. The Morgan fingerprint density at radius 1 is 0.658 bits per heavy atom. The summed E-state index contributed by atoms with van der Waals surface area (Å²) < 4.78 is 0. The smallest absolute Gasteiger partial charge is 0.303 e. The molecule has 3 heterocycles. The average Bonchev–Trinajstić information content (AvgIpc) is 3.64. The number of imidazole rings is 3. The molecule has 8 N–H and O–H groups in total. The van der Waals surface area contributed by atoms with Gasteiger partial charge in [0.05, 0.1) is 58.5 Å². The van der Waals surface area contributed by atoms with Crippen molar-refractivity contribution in [3.63, 3.8) is 0 Å². The summed E-state index contributed by atoms with van der Waals surface area (Å²) in [6, 6.07) is 23.8. The Labute approximate surface area is 239 Å². The van der Waals surface area contributed by atoms with Crippen molar-refractivity contribution in [2.24, 2.45) is 0 Å². The van der Waals surface area contributed by atoms with Gasteiger partial charge in [0.15, 0.2) is 6.29 Å². The number of fused-ring (bicyclic) bond motifs is 3. The molecule has 0 aliphatic carbocycles. The van der Waals surface area contributed by atoms with Crippen molar-refractivity contribution < 1.29 is 59.7 Å². The van der Waals surface area contributed by atoms with Crippen LogP contribution in [0.3, 0.4) is 0 Å². The van der Waals surface area contributed by atoms with Crippen LogP contribution in [0.25, 0.3) is 33.1 Å². The average molecular weight is 602 g/mol. The molecule has 3 aromatic carbocycles. The van der Waals surface area contributed by atoms with E-state index in [9.17, 15) is 4.79 Å². The summed E-state index contributed by atoms with van der Waals surface area (Å²) in [5.41, 5.74) is 6.36. The number of aliphatic hydroxyl groups excluding tert-OH is 1. The summed E-state index contributed by atoms with van der Waals surface area (Å²) in [4.78, 5) is 30.9. The normalized spacial score (nSPS) is 9.34. The largest absolute Gasteiger partial charge is 0.481 e. The van der Waals surface area contributed by atoms with Crippen LogP contribution in [0.5, 0.6) is 0 Å². The van der Waals surface area contributed by atoms with E-state index in [4.69, 9.17) is 15.3 Å². The summed E-state index contributed by atoms with van der Waals surface area (Å²) in [5.74, 6) is -1.02. The molecule has 0 spiro atoms. The minimum Gasteiger partial charge on any atom is -0.481 e. The molecular formula is C25H28Mn2N6O5. The molecule has 38 heavy (non-hydrogen) atoms. The van der Waals surface area contributed by atoms with Gasteiger partial charge < -0.3 is 35.7 Å². The SMILES string of the molecule is O.O=C(O)CCC(O)O.[Mn].[Mn].c1ccc2[nH]cnc2c1.c1ccc2[nH]cnc2c1.c1ccc2[nH]cnc2c1. The van der Waals surface area contributed by atoms with Crippen LogP contribution in [-0.2, 0) is 38.9 Å². The van der Waals surface area contributed by atoms with Gasteiger partial charge in [-0.2, -0.15) is 0 Å². The van der Waals surface area contributed by atoms with Crippen molar-refractivity contribution in [3.8, 4) is 0 Å². The Balaban J connectivity index is 0.000000469. The summed E-state index contributed by atoms with van der Waals surface area (Å²) in [7, 11) is 0. The number of para-hydroxylation sites is 6. The number of hydrogen-bond acceptors (Lipinski definition) is 6. The zero-order valence-electron chi connectivity index (χ0n) is 20.0. The zero-order chi connectivity index (χ0) is 24.9. The van der Waals surface area contributed by atoms with E-state index in [2.05, 4.69) is 29.9 Å². The maximum Gasteiger partial charge on any atom is 0.303 e. The van der Waals surface area contributed by atoms with Crippen molar-refractivity contribution >= 4 is 39.1 Å². The topological polar surface area (TPSA) is 195 Å². The molecular weight excluding hydrogens is 574 g/mol. The fraction of sp³-hybridized carbons (Fsp3) is 0.120. The first-order chi connectivity index (χ1) is 17.0. The number of aliphatic carboxylic acids is 1. The molecule has 0 fully saturated rings. The van der Waals surface area contributed by atoms with Gasteiger partial charge in [0.1, 0.15) is 0 Å². The number of carbonyl (C=O) groups is 1. The van der Waals surface area contributed by atoms with Gasteiger partial charge in [-0.25, -0.2) is 15.0 Å². The van der Waals surface area contributed by atoms with Crippen molar-refractivity contribution in [1.29, 1.82) is 0 Å². The zero-order valence-corrected chi connectivity index (χ0v) is 22.4. The van der Waals surface area contributed by atoms with E-state index in [1.165, 1.54) is 0 Å². The second-order valence-electron chi connectivity index (χ2n) is 7.17. The van der Waals surface area contributed by atoms with Gasteiger partial charge in [-0.1, -0.05) is 36.4 Å². The van der Waals surface area contributed by atoms with Gasteiger partial charge in [0, 0.05) is 40.6 Å². The second-order valence-corrected chi connectivity index (χ2v) is 7.17. The Hall–Kier alpha value is -3.54. The summed E-state index contributed by atoms with van der Waals surface area (Å²) in [6.07, 6.45) is 3.30. The predicted octanol–water partition coefficient (Wildman–Crippen LogP) is 3.02. The monoisotopic (exact) mass is 602 g/mol. The minimum absolute atomic E-state index is 0. The van der Waals surface area contributed by atoms with Crippen LogP contribution in [0.1, 0.15) is 12.8 Å². The number of carboxylic acids is 1. The third kappa shape index (κ3) is 11.7. The summed E-state index contributed by atoms with van der Waals surface area (Å²) in [6.45, 7) is 0. The summed E-state index contributed by atoms with van der Waals surface area (Å²) in [5, 5.41) is 24.1. The molecule has 0 amide bonds. The van der Waals surface area contributed by atoms with E-state index in [1.807, 2.05) is 72.8 Å². The van der Waals surface area contributed by atoms with Crippen LogP contribution in [0.15, 0.2) is 91.8 Å². The van der Waals surface area contributed by atoms with Crippen LogP contribution in [-0.4, -0.2) is 63.0 Å². The Morgan fingerprint density at radius 3 is 1.21 bits per heavy atom. The van der Waals surface area contributed by atoms with Crippen molar-refractivity contribution in [2.45, 2.75) is 19.1 Å². The molecule has 0 saturated heterocycles. The predicted molar refractivity (Wildman–Crippen MR) is 137 cm³/mol. The van der Waals surface area contributed by atoms with Crippen LogP contribution in [0.4, 0.5) is 0 Å². The van der Waals surface area contributed by atoms with Gasteiger partial charge in [-0.05, 0) is 36.4 Å². The number of benzene rings is 3. The first-order valence-electron chi connectivity index (χ1n) is 10.7. The fourth-order valence-electron chi connectivity index (χ4n) is 2.89. The molecule has 0 bridgehead atoms. The quantitative estimate of drug-likeness (QED) is 0.132. The third-order valence-electron chi connectivity index (χ3n) is 4.60. The standard InChI is InChI=1S/3C7H6N2.C4H8O4.2Mn.H2O/c3*1-2-4-7-6(3-1)8-5-9-7;5-3(6)1-2-4(7)8;;;/h3*1-5H,(H,8,9);3,5-6H,1-2H2,(H,7,8);;;1H2. The number of nitrogens with zero attached hydrogens (tertiary/aromatic N) is 3. The second kappa shape index (κ2) is 18.7. The van der Waals surface area contributed by atoms with E-state index in [0.29, 0.717) is 0 Å². The van der Waals surface area contributed by atoms with Gasteiger partial charge in [0.2, 0.25) is 0 Å². The molecule has 0 aliphatic rings. The first-order valence-corrected chi connectivity index (χ1v) is 10.7. The molecule has 13 heteroatoms. The maximum atomic E-state index is 9.68. The van der Waals surface area contributed by atoms with Crippen molar-refractivity contribution in [1.82, 2.24) is 29.9 Å². The molecule has 6 aromatic rings. The van der Waals surface area contributed by atoms with Crippen LogP contribution in [0.2, 0.25) is 0 Å². The molecule has 0 atom stereocenters. The third-order valence-corrected chi connectivity index (χ3v) is 4.60. The molecule has 202 valence electrons. The van der Waals surface area contributed by atoms with Crippen LogP contribution >= 0.6 is 0 Å². The summed E-state index contributed by atoms with van der Waals surface area (Å²) >= 11 is 0. The fourth-order valence-corrected chi connectivity index (χ4v) is 2.89. The molecule has 0 saturated carbocycles. The maximum absolute atomic E-state index is 9.68. The molecule has 6 rings (SSSR count). The van der Waals surface area contributed by atoms with Crippen LogP contribution < -0.4 is 0 Å². The van der Waals surface area contributed by atoms with Crippen LogP contribution in [0, 0.1) is 0 Å². The van der Waals surface area contributed by atoms with Gasteiger partial charge in [-0.15, -0.1) is 0 Å². The Kier molecular flexibility index (Phi) is 16.9. The van der Waals surface area contributed by atoms with E-state index in [-0.39, 0.29) is 52.5 Å². The number of carboxylic acid groups (broad SMARTS) is 1. The number of nitrogens with one attached hydrogen (secondary N) is 3. The van der Waals surface area contributed by atoms with Crippen molar-refractivity contribution in [2.75, 3.05) is 0 Å². The van der Waals surface area contributed by atoms with Crippen molar-refractivity contribution in [3.05, 3.63) is 91.8 Å². The van der Waals surface area contributed by atoms with E-state index < -0.39 is 12.3 Å². The number of aromatic nitrogens is 6. The van der Waals surface area contributed by atoms with E-state index in [0.717, 1.165) is 33.1 Å². The van der Waals surface area contributed by atoms with Gasteiger partial charge in [0.25, 0.3) is 0 Å². The number of aromatic amines is 3. The number of rotatable bonds is 3.